The van der Waals surface area contributed by atoms with Gasteiger partial charge in [0.2, 0.25) is 5.13 Å². The molecule has 0 unspecified atom stereocenters. The fourth-order valence-electron chi connectivity index (χ4n) is 3.86. The summed E-state index contributed by atoms with van der Waals surface area (Å²) < 4.78 is 4.43. The Labute approximate surface area is 180 Å². The van der Waals surface area contributed by atoms with E-state index < -0.39 is 0 Å². The number of anilines is 2. The number of pyridine rings is 1. The SMILES string of the molecule is CCc1nsc(N2CCCN(c3cc(C(=O)NC4CC4)c4ccccc4n3)CC2)n1. The van der Waals surface area contributed by atoms with Gasteiger partial charge in [-0.25, -0.2) is 9.97 Å². The Morgan fingerprint density at radius 3 is 2.73 bits per heavy atom. The molecule has 2 fully saturated rings. The molecule has 0 atom stereocenters. The minimum atomic E-state index is 0.00903. The molecule has 1 N–H and O–H groups in total. The summed E-state index contributed by atoms with van der Waals surface area (Å²) in [5, 5.41) is 5.05. The number of carbonyl (C=O) groups excluding carboxylic acids is 1. The second-order valence-corrected chi connectivity index (χ2v) is 8.70. The van der Waals surface area contributed by atoms with Crippen LogP contribution in [0, 0.1) is 0 Å². The van der Waals surface area contributed by atoms with Crippen LogP contribution in [0.3, 0.4) is 0 Å². The lowest BCUT2D eigenvalue weighted by atomic mass is 10.1. The molecule has 1 saturated carbocycles. The van der Waals surface area contributed by atoms with Gasteiger partial charge in [-0.05, 0) is 31.4 Å². The first-order valence-electron chi connectivity index (χ1n) is 10.7. The molecule has 1 amide bonds. The number of hydrogen-bond acceptors (Lipinski definition) is 7. The first-order valence-corrected chi connectivity index (χ1v) is 11.5. The molecule has 1 aliphatic carbocycles. The summed E-state index contributed by atoms with van der Waals surface area (Å²) in [7, 11) is 0. The van der Waals surface area contributed by atoms with Gasteiger partial charge >= 0.3 is 0 Å². The Balaban J connectivity index is 1.40. The maximum Gasteiger partial charge on any atom is 0.252 e. The summed E-state index contributed by atoms with van der Waals surface area (Å²) in [6.07, 6.45) is 4.03. The molecule has 2 aliphatic rings. The average molecular weight is 423 g/mol. The zero-order valence-electron chi connectivity index (χ0n) is 17.2. The molecule has 3 aromatic rings. The maximum absolute atomic E-state index is 12.9. The van der Waals surface area contributed by atoms with Crippen molar-refractivity contribution < 1.29 is 4.79 Å². The highest BCUT2D eigenvalue weighted by atomic mass is 32.1. The summed E-state index contributed by atoms with van der Waals surface area (Å²) in [5.41, 5.74) is 1.59. The van der Waals surface area contributed by atoms with Crippen LogP contribution in [0.25, 0.3) is 10.9 Å². The number of benzene rings is 1. The molecule has 2 aromatic heterocycles. The standard InChI is InChI=1S/C22H26N6OS/c1-2-19-25-22(30-26-19)28-11-5-10-27(12-13-28)20-14-17(21(29)23-15-8-9-15)16-6-3-4-7-18(16)24-20/h3-4,6-7,14-15H,2,5,8-13H2,1H3,(H,23,29). The van der Waals surface area contributed by atoms with Crippen LogP contribution < -0.4 is 15.1 Å². The molecule has 8 heteroatoms. The van der Waals surface area contributed by atoms with Gasteiger partial charge in [0.25, 0.3) is 5.91 Å². The molecule has 0 radical (unpaired) electrons. The summed E-state index contributed by atoms with van der Waals surface area (Å²) in [4.78, 5) is 27.1. The van der Waals surface area contributed by atoms with Gasteiger partial charge < -0.3 is 15.1 Å². The van der Waals surface area contributed by atoms with Crippen molar-refractivity contribution in [2.24, 2.45) is 0 Å². The Morgan fingerprint density at radius 1 is 1.13 bits per heavy atom. The van der Waals surface area contributed by atoms with Crippen molar-refractivity contribution in [1.29, 1.82) is 0 Å². The van der Waals surface area contributed by atoms with E-state index in [4.69, 9.17) is 4.98 Å². The van der Waals surface area contributed by atoms with Gasteiger partial charge in [-0.15, -0.1) is 0 Å². The predicted molar refractivity (Wildman–Crippen MR) is 121 cm³/mol. The predicted octanol–water partition coefficient (Wildman–Crippen LogP) is 3.26. The third kappa shape index (κ3) is 3.96. The van der Waals surface area contributed by atoms with Crippen molar-refractivity contribution in [1.82, 2.24) is 19.7 Å². The quantitative estimate of drug-likeness (QED) is 0.680. The number of carbonyl (C=O) groups is 1. The van der Waals surface area contributed by atoms with Crippen molar-refractivity contribution in [2.45, 2.75) is 38.6 Å². The maximum atomic E-state index is 12.9. The van der Waals surface area contributed by atoms with Gasteiger partial charge in [0.15, 0.2) is 0 Å². The third-order valence-corrected chi connectivity index (χ3v) is 6.54. The molecule has 7 nitrogen and oxygen atoms in total. The molecule has 156 valence electrons. The highest BCUT2D eigenvalue weighted by Crippen LogP contribution is 2.27. The first-order chi connectivity index (χ1) is 14.7. The van der Waals surface area contributed by atoms with Crippen LogP contribution in [-0.2, 0) is 6.42 Å². The Hall–Kier alpha value is -2.74. The fourth-order valence-corrected chi connectivity index (χ4v) is 4.66. The van der Waals surface area contributed by atoms with Gasteiger partial charge in [-0.3, -0.25) is 4.79 Å². The smallest absolute Gasteiger partial charge is 0.252 e. The summed E-state index contributed by atoms with van der Waals surface area (Å²) in [5.74, 6) is 1.80. The highest BCUT2D eigenvalue weighted by molar-refractivity contribution is 7.09. The van der Waals surface area contributed by atoms with E-state index in [2.05, 4.69) is 31.4 Å². The van der Waals surface area contributed by atoms with Crippen molar-refractivity contribution in [3.63, 3.8) is 0 Å². The number of amides is 1. The number of aromatic nitrogens is 3. The number of para-hydroxylation sites is 1. The van der Waals surface area contributed by atoms with E-state index in [-0.39, 0.29) is 5.91 Å². The zero-order chi connectivity index (χ0) is 20.5. The molecule has 3 heterocycles. The third-order valence-electron chi connectivity index (χ3n) is 5.72. The van der Waals surface area contributed by atoms with Crippen LogP contribution >= 0.6 is 11.5 Å². The summed E-state index contributed by atoms with van der Waals surface area (Å²) >= 11 is 1.48. The lowest BCUT2D eigenvalue weighted by molar-refractivity contribution is 0.0952. The van der Waals surface area contributed by atoms with Gasteiger partial charge in [0.05, 0.1) is 11.1 Å². The lowest BCUT2D eigenvalue weighted by Crippen LogP contribution is -2.31. The normalized spacial score (nSPS) is 17.2. The van der Waals surface area contributed by atoms with Crippen LogP contribution in [0.1, 0.15) is 42.4 Å². The van der Waals surface area contributed by atoms with Gasteiger partial charge in [-0.1, -0.05) is 25.1 Å². The number of rotatable bonds is 5. The Bertz CT molecular complexity index is 1060. The van der Waals surface area contributed by atoms with Gasteiger partial charge in [-0.2, -0.15) is 4.37 Å². The van der Waals surface area contributed by atoms with E-state index in [9.17, 15) is 4.79 Å². The van der Waals surface area contributed by atoms with Crippen molar-refractivity contribution in [3.8, 4) is 0 Å². The van der Waals surface area contributed by atoms with E-state index in [1.807, 2.05) is 30.3 Å². The van der Waals surface area contributed by atoms with Crippen LogP contribution in [0.4, 0.5) is 10.9 Å². The fraction of sp³-hybridized carbons (Fsp3) is 0.455. The van der Waals surface area contributed by atoms with E-state index in [1.165, 1.54) is 11.5 Å². The van der Waals surface area contributed by atoms with Crippen LogP contribution in [0.5, 0.6) is 0 Å². The van der Waals surface area contributed by atoms with Gasteiger partial charge in [0, 0.05) is 55.6 Å². The van der Waals surface area contributed by atoms with E-state index in [0.717, 1.165) is 85.1 Å². The summed E-state index contributed by atoms with van der Waals surface area (Å²) in [6, 6.07) is 10.2. The monoisotopic (exact) mass is 422 g/mol. The molecule has 1 aromatic carbocycles. The molecule has 1 aliphatic heterocycles. The number of fused-ring (bicyclic) bond motifs is 1. The van der Waals surface area contributed by atoms with Crippen LogP contribution in [0.15, 0.2) is 30.3 Å². The van der Waals surface area contributed by atoms with Crippen LogP contribution in [-0.4, -0.2) is 52.5 Å². The van der Waals surface area contributed by atoms with E-state index >= 15 is 0 Å². The molecule has 1 saturated heterocycles. The summed E-state index contributed by atoms with van der Waals surface area (Å²) in [6.45, 7) is 5.66. The first kappa shape index (κ1) is 19.2. The topological polar surface area (TPSA) is 74.2 Å². The van der Waals surface area contributed by atoms with E-state index in [0.29, 0.717) is 6.04 Å². The largest absolute Gasteiger partial charge is 0.355 e. The molecule has 0 spiro atoms. The van der Waals surface area contributed by atoms with Gasteiger partial charge in [0.1, 0.15) is 11.6 Å². The van der Waals surface area contributed by atoms with Crippen LogP contribution in [0.2, 0.25) is 0 Å². The lowest BCUT2D eigenvalue weighted by Gasteiger charge is -2.23. The van der Waals surface area contributed by atoms with Crippen molar-refractivity contribution >= 4 is 39.3 Å². The number of nitrogens with one attached hydrogen (secondary N) is 1. The number of nitrogens with zero attached hydrogens (tertiary/aromatic N) is 5. The number of aryl methyl sites for hydroxylation is 1. The van der Waals surface area contributed by atoms with Crippen molar-refractivity contribution in [3.05, 3.63) is 41.7 Å². The minimum Gasteiger partial charge on any atom is -0.355 e. The average Bonchev–Trinajstić information content (AvgIpc) is 3.52. The second kappa shape index (κ2) is 8.18. The number of hydrogen-bond donors (Lipinski definition) is 1. The zero-order valence-corrected chi connectivity index (χ0v) is 18.0. The second-order valence-electron chi connectivity index (χ2n) is 7.97. The molecule has 30 heavy (non-hydrogen) atoms. The molecule has 0 bridgehead atoms. The molecular weight excluding hydrogens is 396 g/mol. The highest BCUT2D eigenvalue weighted by Gasteiger charge is 2.26. The Morgan fingerprint density at radius 2 is 1.93 bits per heavy atom. The molecule has 5 rings (SSSR count). The minimum absolute atomic E-state index is 0.00903. The Kier molecular flexibility index (Phi) is 5.25. The van der Waals surface area contributed by atoms with E-state index in [1.54, 1.807) is 0 Å². The molecular formula is C22H26N6OS. The van der Waals surface area contributed by atoms with Crippen molar-refractivity contribution in [2.75, 3.05) is 36.0 Å².